The van der Waals surface area contributed by atoms with Crippen LogP contribution in [-0.2, 0) is 15.9 Å². The fourth-order valence-electron chi connectivity index (χ4n) is 2.26. The van der Waals surface area contributed by atoms with Gasteiger partial charge in [-0.25, -0.2) is 9.97 Å². The molecule has 0 aliphatic carbocycles. The summed E-state index contributed by atoms with van der Waals surface area (Å²) >= 11 is 0. The van der Waals surface area contributed by atoms with Crippen molar-refractivity contribution in [3.05, 3.63) is 40.7 Å². The average Bonchev–Trinajstić information content (AvgIpc) is 3.11. The Morgan fingerprint density at radius 3 is 2.48 bits per heavy atom. The Balaban J connectivity index is 1.83. The van der Waals surface area contributed by atoms with Crippen molar-refractivity contribution >= 4 is 18.3 Å². The van der Waals surface area contributed by atoms with Crippen molar-refractivity contribution in [2.75, 3.05) is 0 Å². The van der Waals surface area contributed by atoms with Crippen molar-refractivity contribution in [3.63, 3.8) is 0 Å². The third kappa shape index (κ3) is 3.35. The Labute approximate surface area is 144 Å². The molecule has 0 amide bonds. The van der Waals surface area contributed by atoms with Gasteiger partial charge >= 0.3 is 12.8 Å². The molecular weight excluding hydrogens is 329 g/mol. The number of aromatic nitrogens is 2. The van der Waals surface area contributed by atoms with Crippen LogP contribution in [0.5, 0.6) is 5.88 Å². The fourth-order valence-corrected chi connectivity index (χ4v) is 2.26. The second-order valence-corrected chi connectivity index (χ2v) is 6.69. The van der Waals surface area contributed by atoms with Crippen LogP contribution in [0.4, 0.5) is 5.69 Å². The zero-order chi connectivity index (χ0) is 18.2. The lowest BCUT2D eigenvalue weighted by Crippen LogP contribution is -2.41. The normalized spacial score (nSPS) is 18.3. The van der Waals surface area contributed by atoms with Gasteiger partial charge in [-0.1, -0.05) is 0 Å². The summed E-state index contributed by atoms with van der Waals surface area (Å²) in [6, 6.07) is 1.35. The van der Waals surface area contributed by atoms with Gasteiger partial charge in [-0.05, 0) is 27.7 Å². The van der Waals surface area contributed by atoms with Crippen LogP contribution >= 0.6 is 0 Å². The molecule has 2 aromatic rings. The minimum absolute atomic E-state index is 0.0102. The van der Waals surface area contributed by atoms with Crippen LogP contribution in [0.1, 0.15) is 33.5 Å². The monoisotopic (exact) mass is 347 g/mol. The van der Waals surface area contributed by atoms with Gasteiger partial charge < -0.3 is 18.5 Å². The molecule has 0 radical (unpaired) electrons. The van der Waals surface area contributed by atoms with Gasteiger partial charge in [0.15, 0.2) is 12.2 Å². The van der Waals surface area contributed by atoms with Crippen molar-refractivity contribution in [2.24, 2.45) is 0 Å². The third-order valence-corrected chi connectivity index (χ3v) is 4.41. The van der Waals surface area contributed by atoms with Crippen LogP contribution in [-0.4, -0.2) is 33.2 Å². The molecule has 10 heteroatoms. The topological polar surface area (TPSA) is 110 Å². The summed E-state index contributed by atoms with van der Waals surface area (Å²) in [5, 5.41) is 11.4. The predicted molar refractivity (Wildman–Crippen MR) is 87.4 cm³/mol. The number of hydrogen-bond donors (Lipinski definition) is 0. The molecule has 0 atom stereocenters. The van der Waals surface area contributed by atoms with Crippen molar-refractivity contribution in [3.8, 4) is 5.88 Å². The van der Waals surface area contributed by atoms with E-state index in [0.29, 0.717) is 11.2 Å². The lowest BCUT2D eigenvalue weighted by molar-refractivity contribution is -0.386. The average molecular weight is 347 g/mol. The molecule has 0 saturated carbocycles. The van der Waals surface area contributed by atoms with Gasteiger partial charge in [-0.2, -0.15) is 0 Å². The van der Waals surface area contributed by atoms with E-state index in [4.69, 9.17) is 18.5 Å². The van der Waals surface area contributed by atoms with E-state index in [1.165, 1.54) is 24.9 Å². The number of rotatable bonds is 5. The summed E-state index contributed by atoms with van der Waals surface area (Å²) in [5.74, 6) is 0.327. The fraction of sp³-hybridized carbons (Fsp3) is 0.467. The Kier molecular flexibility index (Phi) is 4.25. The SMILES string of the molecule is CC1(C)OB(c2cnc(OCc3cnco3)c([N+](=O)[O-])c2)OC1(C)C. The Morgan fingerprint density at radius 1 is 1.24 bits per heavy atom. The summed E-state index contributed by atoms with van der Waals surface area (Å²) in [7, 11) is -0.737. The summed E-state index contributed by atoms with van der Waals surface area (Å²) in [6.07, 6.45) is 4.16. The molecule has 1 aliphatic rings. The Morgan fingerprint density at radius 2 is 1.92 bits per heavy atom. The highest BCUT2D eigenvalue weighted by molar-refractivity contribution is 6.62. The molecule has 132 valence electrons. The quantitative estimate of drug-likeness (QED) is 0.458. The molecular formula is C15H18BN3O6. The molecule has 2 aromatic heterocycles. The van der Waals surface area contributed by atoms with Gasteiger partial charge in [-0.3, -0.25) is 10.1 Å². The van der Waals surface area contributed by atoms with E-state index >= 15 is 0 Å². The Bertz CT molecular complexity index is 762. The summed E-state index contributed by atoms with van der Waals surface area (Å²) in [6.45, 7) is 7.62. The lowest BCUT2D eigenvalue weighted by atomic mass is 9.80. The standard InChI is InChI=1S/C15H18BN3O6/c1-14(2)15(3,4)25-16(24-14)10-5-12(19(20)21)13(18-6-10)22-8-11-7-17-9-23-11/h5-7,9H,8H2,1-4H3. The van der Waals surface area contributed by atoms with Crippen LogP contribution in [0.15, 0.2) is 29.3 Å². The first-order valence-corrected chi connectivity index (χ1v) is 7.70. The second-order valence-electron chi connectivity index (χ2n) is 6.69. The molecule has 1 aliphatic heterocycles. The van der Waals surface area contributed by atoms with E-state index < -0.39 is 23.2 Å². The van der Waals surface area contributed by atoms with E-state index in [2.05, 4.69) is 9.97 Å². The van der Waals surface area contributed by atoms with Crippen LogP contribution in [0.3, 0.4) is 0 Å². The number of hydrogen-bond acceptors (Lipinski definition) is 8. The molecule has 0 spiro atoms. The maximum atomic E-state index is 11.4. The first-order valence-electron chi connectivity index (χ1n) is 7.70. The summed E-state index contributed by atoms with van der Waals surface area (Å²) in [4.78, 5) is 18.6. The van der Waals surface area contributed by atoms with E-state index in [1.807, 2.05) is 27.7 Å². The minimum Gasteiger partial charge on any atom is -0.465 e. The molecule has 0 bridgehead atoms. The number of oxazole rings is 1. The predicted octanol–water partition coefficient (Wildman–Crippen LogP) is 1.86. The highest BCUT2D eigenvalue weighted by Gasteiger charge is 2.52. The zero-order valence-corrected chi connectivity index (χ0v) is 14.4. The van der Waals surface area contributed by atoms with E-state index in [9.17, 15) is 10.1 Å². The highest BCUT2D eigenvalue weighted by Crippen LogP contribution is 2.37. The first-order chi connectivity index (χ1) is 11.7. The molecule has 0 N–H and O–H groups in total. The molecule has 3 rings (SSSR count). The summed E-state index contributed by atoms with van der Waals surface area (Å²) < 4.78 is 22.2. The van der Waals surface area contributed by atoms with Crippen LogP contribution in [0.2, 0.25) is 0 Å². The molecule has 0 unspecified atom stereocenters. The molecule has 25 heavy (non-hydrogen) atoms. The molecule has 9 nitrogen and oxygen atoms in total. The Hall–Kier alpha value is -2.46. The second kappa shape index (κ2) is 6.12. The van der Waals surface area contributed by atoms with Gasteiger partial charge in [0.2, 0.25) is 0 Å². The van der Waals surface area contributed by atoms with Crippen LogP contribution < -0.4 is 10.2 Å². The molecule has 3 heterocycles. The first kappa shape index (κ1) is 17.4. The highest BCUT2D eigenvalue weighted by atomic mass is 16.7. The van der Waals surface area contributed by atoms with Crippen molar-refractivity contribution < 1.29 is 23.4 Å². The number of ether oxygens (including phenoxy) is 1. The third-order valence-electron chi connectivity index (χ3n) is 4.41. The van der Waals surface area contributed by atoms with E-state index in [-0.39, 0.29) is 18.2 Å². The van der Waals surface area contributed by atoms with E-state index in [0.717, 1.165) is 0 Å². The molecule has 1 saturated heterocycles. The van der Waals surface area contributed by atoms with Gasteiger partial charge in [0, 0.05) is 17.7 Å². The minimum atomic E-state index is -0.737. The van der Waals surface area contributed by atoms with Crippen molar-refractivity contribution in [1.82, 2.24) is 9.97 Å². The number of nitro groups is 1. The van der Waals surface area contributed by atoms with Gasteiger partial charge in [0.05, 0.1) is 22.3 Å². The van der Waals surface area contributed by atoms with Gasteiger partial charge in [0.25, 0.3) is 5.88 Å². The van der Waals surface area contributed by atoms with E-state index in [1.54, 1.807) is 0 Å². The summed E-state index contributed by atoms with van der Waals surface area (Å²) in [5.41, 5.74) is -0.911. The smallest absolute Gasteiger partial charge is 0.465 e. The lowest BCUT2D eigenvalue weighted by Gasteiger charge is -2.32. The van der Waals surface area contributed by atoms with Crippen LogP contribution in [0.25, 0.3) is 0 Å². The zero-order valence-electron chi connectivity index (χ0n) is 14.4. The number of pyridine rings is 1. The van der Waals surface area contributed by atoms with Crippen LogP contribution in [0, 0.1) is 10.1 Å². The molecule has 1 fully saturated rings. The molecule has 0 aromatic carbocycles. The van der Waals surface area contributed by atoms with Crippen molar-refractivity contribution in [1.29, 1.82) is 0 Å². The largest absolute Gasteiger partial charge is 0.496 e. The van der Waals surface area contributed by atoms with Gasteiger partial charge in [-0.15, -0.1) is 0 Å². The maximum Gasteiger partial charge on any atom is 0.496 e. The maximum absolute atomic E-state index is 11.4. The van der Waals surface area contributed by atoms with Crippen molar-refractivity contribution in [2.45, 2.75) is 45.5 Å². The number of nitrogens with zero attached hydrogens (tertiary/aromatic N) is 3. The van der Waals surface area contributed by atoms with Gasteiger partial charge in [0.1, 0.15) is 6.61 Å².